The van der Waals surface area contributed by atoms with Crippen molar-refractivity contribution in [1.29, 1.82) is 0 Å². The molecule has 188 valence electrons. The zero-order valence-corrected chi connectivity index (χ0v) is 23.2. The van der Waals surface area contributed by atoms with Gasteiger partial charge < -0.3 is 0 Å². The molecule has 0 spiro atoms. The van der Waals surface area contributed by atoms with Gasteiger partial charge in [0.25, 0.3) is 0 Å². The standard InChI is InChI=1S/C33H56/c1-7-13-18-20-25-30-33(28-23-17-11-5,29-24-19-14-8-2)32(27-22-16-10-4)31(12-6)26-21-15-9-3/h20-29H,7-19,30H2,1-6H3. The molecule has 0 heterocycles. The molecular weight excluding hydrogens is 396 g/mol. The molecule has 0 heteroatoms. The maximum absolute atomic E-state index is 2.54. The van der Waals surface area contributed by atoms with Gasteiger partial charge in [-0.25, -0.2) is 0 Å². The van der Waals surface area contributed by atoms with Crippen LogP contribution >= 0.6 is 0 Å². The average molecular weight is 453 g/mol. The maximum Gasteiger partial charge on any atom is 0.0349 e. The van der Waals surface area contributed by atoms with E-state index in [4.69, 9.17) is 0 Å². The Balaban J connectivity index is 6.66. The molecule has 33 heavy (non-hydrogen) atoms. The van der Waals surface area contributed by atoms with Crippen LogP contribution in [0.25, 0.3) is 0 Å². The highest BCUT2D eigenvalue weighted by Gasteiger charge is 2.28. The van der Waals surface area contributed by atoms with Crippen LogP contribution in [0.5, 0.6) is 0 Å². The van der Waals surface area contributed by atoms with Crippen LogP contribution in [0, 0.1) is 5.41 Å². The van der Waals surface area contributed by atoms with Crippen LogP contribution in [0.1, 0.15) is 131 Å². The summed E-state index contributed by atoms with van der Waals surface area (Å²) in [5.74, 6) is 0. The van der Waals surface area contributed by atoms with E-state index in [0.717, 1.165) is 32.1 Å². The minimum Gasteiger partial charge on any atom is -0.0885 e. The van der Waals surface area contributed by atoms with Gasteiger partial charge in [-0.1, -0.05) is 147 Å². The van der Waals surface area contributed by atoms with Gasteiger partial charge in [-0.05, 0) is 56.1 Å². The van der Waals surface area contributed by atoms with Crippen LogP contribution in [0.15, 0.2) is 71.9 Å². The number of allylic oxidation sites excluding steroid dienone is 12. The monoisotopic (exact) mass is 452 g/mol. The molecule has 0 radical (unpaired) electrons. The summed E-state index contributed by atoms with van der Waals surface area (Å²) < 4.78 is 0. The van der Waals surface area contributed by atoms with Crippen LogP contribution in [0.3, 0.4) is 0 Å². The average Bonchev–Trinajstić information content (AvgIpc) is 2.82. The lowest BCUT2D eigenvalue weighted by Crippen LogP contribution is -2.19. The molecule has 0 aliphatic heterocycles. The van der Waals surface area contributed by atoms with E-state index in [1.54, 1.807) is 0 Å². The smallest absolute Gasteiger partial charge is 0.0349 e. The highest BCUT2D eigenvalue weighted by atomic mass is 14.3. The van der Waals surface area contributed by atoms with Gasteiger partial charge >= 0.3 is 0 Å². The van der Waals surface area contributed by atoms with Crippen LogP contribution in [0.4, 0.5) is 0 Å². The SMILES string of the molecule is CCCC=CC(CC)=C(C=CCCC)C(C=CCCC)(C=CCCCC)CC=CCCCC. The van der Waals surface area contributed by atoms with Crippen molar-refractivity contribution < 1.29 is 0 Å². The molecule has 0 aromatic heterocycles. The second kappa shape index (κ2) is 22.2. The van der Waals surface area contributed by atoms with E-state index in [1.165, 1.54) is 68.9 Å². The summed E-state index contributed by atoms with van der Waals surface area (Å²) in [4.78, 5) is 0. The Kier molecular flexibility index (Phi) is 21.2. The molecule has 1 unspecified atom stereocenters. The Hall–Kier alpha value is -1.56. The first-order chi connectivity index (χ1) is 16.2. The lowest BCUT2D eigenvalue weighted by atomic mass is 9.73. The third-order valence-electron chi connectivity index (χ3n) is 6.10. The number of hydrogen-bond donors (Lipinski definition) is 0. The van der Waals surface area contributed by atoms with Crippen molar-refractivity contribution >= 4 is 0 Å². The highest BCUT2D eigenvalue weighted by molar-refractivity contribution is 5.45. The van der Waals surface area contributed by atoms with Crippen LogP contribution in [-0.2, 0) is 0 Å². The summed E-state index contributed by atoms with van der Waals surface area (Å²) in [5.41, 5.74) is 2.91. The van der Waals surface area contributed by atoms with Crippen molar-refractivity contribution in [2.45, 2.75) is 131 Å². The molecule has 0 N–H and O–H groups in total. The normalized spacial score (nSPS) is 15.6. The van der Waals surface area contributed by atoms with Crippen molar-refractivity contribution in [2.75, 3.05) is 0 Å². The second-order valence-corrected chi connectivity index (χ2v) is 9.27. The second-order valence-electron chi connectivity index (χ2n) is 9.27. The molecule has 0 saturated heterocycles. The maximum atomic E-state index is 2.54. The van der Waals surface area contributed by atoms with E-state index in [0.29, 0.717) is 0 Å². The zero-order valence-electron chi connectivity index (χ0n) is 23.2. The highest BCUT2D eigenvalue weighted by Crippen LogP contribution is 2.40. The topological polar surface area (TPSA) is 0 Å². The Bertz CT molecular complexity index is 622. The van der Waals surface area contributed by atoms with E-state index in [9.17, 15) is 0 Å². The fraction of sp³-hybridized carbons (Fsp3) is 0.636. The third-order valence-corrected chi connectivity index (χ3v) is 6.10. The number of rotatable bonds is 20. The van der Waals surface area contributed by atoms with Gasteiger partial charge in [0.1, 0.15) is 0 Å². The fourth-order valence-corrected chi connectivity index (χ4v) is 3.99. The Morgan fingerprint density at radius 1 is 0.515 bits per heavy atom. The molecular formula is C33H56. The molecule has 0 rings (SSSR count). The Labute approximate surface area is 208 Å². The predicted octanol–water partition coefficient (Wildman–Crippen LogP) is 11.6. The fourth-order valence-electron chi connectivity index (χ4n) is 3.99. The summed E-state index contributed by atoms with van der Waals surface area (Å²) in [7, 11) is 0. The van der Waals surface area contributed by atoms with Gasteiger partial charge in [-0.3, -0.25) is 0 Å². The number of hydrogen-bond acceptors (Lipinski definition) is 0. The van der Waals surface area contributed by atoms with Gasteiger partial charge in [0, 0.05) is 5.41 Å². The van der Waals surface area contributed by atoms with E-state index in [-0.39, 0.29) is 5.41 Å². The molecule has 0 nitrogen and oxygen atoms in total. The lowest BCUT2D eigenvalue weighted by molar-refractivity contribution is 0.595. The molecule has 1 atom stereocenters. The van der Waals surface area contributed by atoms with Crippen LogP contribution in [0.2, 0.25) is 0 Å². The van der Waals surface area contributed by atoms with Gasteiger partial charge in [0.2, 0.25) is 0 Å². The summed E-state index contributed by atoms with van der Waals surface area (Å²) in [6, 6.07) is 0. The van der Waals surface area contributed by atoms with E-state index in [1.807, 2.05) is 0 Å². The van der Waals surface area contributed by atoms with Crippen LogP contribution < -0.4 is 0 Å². The molecule has 0 saturated carbocycles. The van der Waals surface area contributed by atoms with Crippen molar-refractivity contribution in [2.24, 2.45) is 5.41 Å². The Morgan fingerprint density at radius 2 is 1.03 bits per heavy atom. The van der Waals surface area contributed by atoms with Crippen molar-refractivity contribution in [3.05, 3.63) is 71.9 Å². The third kappa shape index (κ3) is 14.3. The van der Waals surface area contributed by atoms with E-state index >= 15 is 0 Å². The van der Waals surface area contributed by atoms with E-state index < -0.39 is 0 Å². The summed E-state index contributed by atoms with van der Waals surface area (Å²) in [6.07, 6.45) is 41.0. The Morgan fingerprint density at radius 3 is 1.58 bits per heavy atom. The molecule has 0 aromatic rings. The van der Waals surface area contributed by atoms with Crippen molar-refractivity contribution in [3.63, 3.8) is 0 Å². The van der Waals surface area contributed by atoms with Gasteiger partial charge in [-0.15, -0.1) is 0 Å². The van der Waals surface area contributed by atoms with Gasteiger partial charge in [-0.2, -0.15) is 0 Å². The first-order valence-corrected chi connectivity index (χ1v) is 14.2. The van der Waals surface area contributed by atoms with Crippen molar-refractivity contribution in [3.8, 4) is 0 Å². The summed E-state index contributed by atoms with van der Waals surface area (Å²) in [5, 5.41) is 0. The number of unbranched alkanes of at least 4 members (excludes halogenated alkanes) is 7. The van der Waals surface area contributed by atoms with Crippen molar-refractivity contribution in [1.82, 2.24) is 0 Å². The minimum atomic E-state index is -0.0717. The first kappa shape index (κ1) is 31.4. The summed E-state index contributed by atoms with van der Waals surface area (Å²) >= 11 is 0. The van der Waals surface area contributed by atoms with Crippen LogP contribution in [-0.4, -0.2) is 0 Å². The molecule has 0 aromatic carbocycles. The zero-order chi connectivity index (χ0) is 24.6. The van der Waals surface area contributed by atoms with Gasteiger partial charge in [0.05, 0.1) is 0 Å². The molecule has 0 aliphatic carbocycles. The molecule has 0 fully saturated rings. The minimum absolute atomic E-state index is 0.0717. The van der Waals surface area contributed by atoms with E-state index in [2.05, 4.69) is 102 Å². The lowest BCUT2D eigenvalue weighted by Gasteiger charge is -2.31. The molecule has 0 bridgehead atoms. The molecule has 0 aliphatic rings. The molecule has 0 amide bonds. The van der Waals surface area contributed by atoms with Gasteiger partial charge in [0.15, 0.2) is 0 Å². The largest absolute Gasteiger partial charge is 0.0885 e. The summed E-state index contributed by atoms with van der Waals surface area (Å²) in [6.45, 7) is 13.7. The predicted molar refractivity (Wildman–Crippen MR) is 154 cm³/mol. The quantitative estimate of drug-likeness (QED) is 0.0978. The first-order valence-electron chi connectivity index (χ1n) is 14.2.